The van der Waals surface area contributed by atoms with E-state index in [0.717, 1.165) is 33.9 Å². The Morgan fingerprint density at radius 2 is 1.49 bits per heavy atom. The molecule has 6 aromatic carbocycles. The van der Waals surface area contributed by atoms with E-state index >= 15 is 0 Å². The van der Waals surface area contributed by atoms with Crippen LogP contribution in [0.3, 0.4) is 0 Å². The molecule has 2 heterocycles. The molecule has 4 amide bonds. The predicted molar refractivity (Wildman–Crippen MR) is 227 cm³/mol. The van der Waals surface area contributed by atoms with Crippen LogP contribution in [0.2, 0.25) is 5.02 Å². The molecule has 1 fully saturated rings. The number of anilines is 2. The molecule has 1 aliphatic rings. The van der Waals surface area contributed by atoms with Crippen molar-refractivity contribution in [2.75, 3.05) is 10.2 Å². The summed E-state index contributed by atoms with van der Waals surface area (Å²) >= 11 is 7.21. The zero-order chi connectivity index (χ0) is 39.5. The molecule has 9 nitrogen and oxygen atoms in total. The first-order chi connectivity index (χ1) is 27.7. The van der Waals surface area contributed by atoms with Gasteiger partial charge in [0.2, 0.25) is 11.8 Å². The normalized spacial score (nSPS) is 14.3. The Morgan fingerprint density at radius 3 is 2.25 bits per heavy atom. The number of aryl methyl sites for hydroxylation is 1. The molecule has 0 saturated carbocycles. The van der Waals surface area contributed by atoms with Crippen molar-refractivity contribution >= 4 is 86.2 Å². The average Bonchev–Trinajstić information content (AvgIpc) is 3.70. The minimum atomic E-state index is -0.664. The SMILES string of the molecule is CCn1c2ccccc2c2cc(/C=C(/NC(=O)c3ccccc3)C(=O)Nc3cccc(S[C@H]4CC(=O)N(c5ccc(Oc6ccc(Cl)cc6)cc5)C4=O)c3)ccc21. The van der Waals surface area contributed by atoms with Crippen LogP contribution in [0.4, 0.5) is 11.4 Å². The zero-order valence-corrected chi connectivity index (χ0v) is 32.2. The summed E-state index contributed by atoms with van der Waals surface area (Å²) in [4.78, 5) is 55.9. The highest BCUT2D eigenvalue weighted by atomic mass is 35.5. The molecule has 0 bridgehead atoms. The van der Waals surface area contributed by atoms with Crippen LogP contribution in [0, 0.1) is 0 Å². The average molecular weight is 791 g/mol. The summed E-state index contributed by atoms with van der Waals surface area (Å²) in [6.07, 6.45) is 1.68. The van der Waals surface area contributed by atoms with E-state index in [-0.39, 0.29) is 23.9 Å². The molecule has 7 aromatic rings. The quantitative estimate of drug-likeness (QED) is 0.0998. The third kappa shape index (κ3) is 8.05. The number of halogens is 1. The lowest BCUT2D eigenvalue weighted by Crippen LogP contribution is -2.31. The van der Waals surface area contributed by atoms with Gasteiger partial charge in [-0.15, -0.1) is 11.8 Å². The molecule has 0 unspecified atom stereocenters. The molecule has 1 saturated heterocycles. The van der Waals surface area contributed by atoms with Gasteiger partial charge in [0.25, 0.3) is 11.8 Å². The summed E-state index contributed by atoms with van der Waals surface area (Å²) in [5.74, 6) is -0.451. The third-order valence-corrected chi connectivity index (χ3v) is 11.0. The van der Waals surface area contributed by atoms with Crippen LogP contribution in [-0.2, 0) is 20.9 Å². The molecule has 8 rings (SSSR count). The van der Waals surface area contributed by atoms with Gasteiger partial charge in [0.15, 0.2) is 0 Å². The fourth-order valence-corrected chi connectivity index (χ4v) is 8.13. The molecule has 282 valence electrons. The Morgan fingerprint density at radius 1 is 0.789 bits per heavy atom. The van der Waals surface area contributed by atoms with Crippen molar-refractivity contribution in [2.45, 2.75) is 30.0 Å². The third-order valence-electron chi connectivity index (χ3n) is 9.57. The molecule has 1 atom stereocenters. The van der Waals surface area contributed by atoms with Gasteiger partial charge in [-0.3, -0.25) is 19.2 Å². The van der Waals surface area contributed by atoms with Crippen molar-refractivity contribution < 1.29 is 23.9 Å². The summed E-state index contributed by atoms with van der Waals surface area (Å²) in [5.41, 5.74) is 4.30. The molecule has 0 radical (unpaired) electrons. The standard InChI is InChI=1S/C46H35ClN4O5S/c1-2-50-40-14-7-6-13-37(40)38-25-29(15-24-41(38)50)26-39(49-44(53)30-9-4-3-5-10-30)45(54)48-32-11-8-12-36(27-32)57-42-28-43(52)51(46(42)55)33-18-22-35(23-19-33)56-34-20-16-31(47)17-21-34/h3-27,42H,2,28H2,1H3,(H,48,54)(H,49,53)/b39-26+/t42-/m0/s1. The summed E-state index contributed by atoms with van der Waals surface area (Å²) in [6, 6.07) is 43.6. The number of amides is 4. The number of ether oxygens (including phenoxy) is 1. The number of nitrogens with zero attached hydrogens (tertiary/aromatic N) is 2. The minimum absolute atomic E-state index is 0.0167. The van der Waals surface area contributed by atoms with Crippen molar-refractivity contribution in [1.29, 1.82) is 0 Å². The summed E-state index contributed by atoms with van der Waals surface area (Å²) in [7, 11) is 0. The van der Waals surface area contributed by atoms with E-state index in [1.807, 2.05) is 42.5 Å². The van der Waals surface area contributed by atoms with Crippen molar-refractivity contribution in [3.05, 3.63) is 167 Å². The number of carbonyl (C=O) groups is 4. The maximum absolute atomic E-state index is 14.0. The van der Waals surface area contributed by atoms with E-state index in [4.69, 9.17) is 16.3 Å². The molecule has 0 spiro atoms. The van der Waals surface area contributed by atoms with Gasteiger partial charge in [-0.2, -0.15) is 0 Å². The summed E-state index contributed by atoms with van der Waals surface area (Å²) in [6.45, 7) is 2.91. The van der Waals surface area contributed by atoms with Crippen molar-refractivity contribution in [2.24, 2.45) is 0 Å². The van der Waals surface area contributed by atoms with Gasteiger partial charge in [-0.1, -0.05) is 60.1 Å². The Hall–Kier alpha value is -6.62. The van der Waals surface area contributed by atoms with E-state index in [0.29, 0.717) is 38.4 Å². The zero-order valence-electron chi connectivity index (χ0n) is 30.6. The van der Waals surface area contributed by atoms with Crippen LogP contribution < -0.4 is 20.3 Å². The Kier molecular flexibility index (Phi) is 10.6. The van der Waals surface area contributed by atoms with E-state index in [2.05, 4.69) is 34.3 Å². The first-order valence-corrected chi connectivity index (χ1v) is 19.6. The summed E-state index contributed by atoms with van der Waals surface area (Å²) < 4.78 is 8.10. The number of nitrogens with one attached hydrogen (secondary N) is 2. The van der Waals surface area contributed by atoms with Gasteiger partial charge in [-0.05, 0) is 116 Å². The highest BCUT2D eigenvalue weighted by molar-refractivity contribution is 8.00. The number of imide groups is 1. The highest BCUT2D eigenvalue weighted by Crippen LogP contribution is 2.36. The van der Waals surface area contributed by atoms with Crippen LogP contribution in [0.5, 0.6) is 11.5 Å². The molecule has 2 N–H and O–H groups in total. The molecule has 57 heavy (non-hydrogen) atoms. The van der Waals surface area contributed by atoms with Crippen LogP contribution in [-0.4, -0.2) is 33.4 Å². The van der Waals surface area contributed by atoms with Crippen molar-refractivity contribution in [1.82, 2.24) is 9.88 Å². The Bertz CT molecular complexity index is 2690. The lowest BCUT2D eigenvalue weighted by molar-refractivity contribution is -0.121. The van der Waals surface area contributed by atoms with Gasteiger partial charge in [0, 0.05) is 55.9 Å². The van der Waals surface area contributed by atoms with Crippen molar-refractivity contribution in [3.8, 4) is 11.5 Å². The monoisotopic (exact) mass is 790 g/mol. The maximum Gasteiger partial charge on any atom is 0.272 e. The van der Waals surface area contributed by atoms with Gasteiger partial charge in [-0.25, -0.2) is 4.90 Å². The second-order valence-electron chi connectivity index (χ2n) is 13.3. The number of hydrogen-bond acceptors (Lipinski definition) is 6. The fraction of sp³-hybridized carbons (Fsp3) is 0.0870. The van der Waals surface area contributed by atoms with E-state index in [1.165, 1.54) is 16.7 Å². The predicted octanol–water partition coefficient (Wildman–Crippen LogP) is 10.1. The van der Waals surface area contributed by atoms with Crippen molar-refractivity contribution in [3.63, 3.8) is 0 Å². The molecular formula is C46H35ClN4O5S. The summed E-state index contributed by atoms with van der Waals surface area (Å²) in [5, 5.41) is 7.82. The van der Waals surface area contributed by atoms with E-state index in [1.54, 1.807) is 97.1 Å². The number of benzene rings is 6. The maximum atomic E-state index is 14.0. The van der Waals surface area contributed by atoms with Crippen LogP contribution in [0.1, 0.15) is 29.3 Å². The topological polar surface area (TPSA) is 110 Å². The number of carbonyl (C=O) groups excluding carboxylic acids is 4. The number of rotatable bonds is 11. The number of hydrogen-bond donors (Lipinski definition) is 2. The number of aromatic nitrogens is 1. The van der Waals surface area contributed by atoms with Gasteiger partial charge in [0.1, 0.15) is 17.2 Å². The molecule has 1 aliphatic heterocycles. The second-order valence-corrected chi connectivity index (χ2v) is 15.0. The largest absolute Gasteiger partial charge is 0.457 e. The van der Waals surface area contributed by atoms with Gasteiger partial charge >= 0.3 is 0 Å². The molecule has 1 aromatic heterocycles. The molecular weight excluding hydrogens is 756 g/mol. The molecule has 0 aliphatic carbocycles. The lowest BCUT2D eigenvalue weighted by atomic mass is 10.1. The van der Waals surface area contributed by atoms with E-state index < -0.39 is 17.1 Å². The van der Waals surface area contributed by atoms with Gasteiger partial charge in [0.05, 0.1) is 10.9 Å². The first kappa shape index (κ1) is 37.3. The second kappa shape index (κ2) is 16.2. The number of thioether (sulfide) groups is 1. The fourth-order valence-electron chi connectivity index (χ4n) is 6.89. The number of para-hydroxylation sites is 1. The number of fused-ring (bicyclic) bond motifs is 3. The Balaban J connectivity index is 0.999. The first-order valence-electron chi connectivity index (χ1n) is 18.3. The smallest absolute Gasteiger partial charge is 0.272 e. The van der Waals surface area contributed by atoms with Crippen LogP contribution in [0.15, 0.2) is 156 Å². The van der Waals surface area contributed by atoms with E-state index in [9.17, 15) is 19.2 Å². The van der Waals surface area contributed by atoms with Gasteiger partial charge < -0.3 is 19.9 Å². The minimum Gasteiger partial charge on any atom is -0.457 e. The highest BCUT2D eigenvalue weighted by Gasteiger charge is 2.40. The Labute approximate surface area is 337 Å². The molecule has 11 heteroatoms. The van der Waals surface area contributed by atoms with Crippen LogP contribution >= 0.6 is 23.4 Å². The lowest BCUT2D eigenvalue weighted by Gasteiger charge is -2.16. The van der Waals surface area contributed by atoms with Crippen LogP contribution in [0.25, 0.3) is 27.9 Å².